The fourth-order valence-corrected chi connectivity index (χ4v) is 2.91. The van der Waals surface area contributed by atoms with Gasteiger partial charge in [-0.05, 0) is 36.9 Å². The summed E-state index contributed by atoms with van der Waals surface area (Å²) in [5, 5.41) is 0. The summed E-state index contributed by atoms with van der Waals surface area (Å²) in [4.78, 5) is 4.22. The maximum absolute atomic E-state index is 5.96. The number of nitrogens with two attached hydrogens (primary N) is 1. The number of hydrogen-bond donors (Lipinski definition) is 1. The highest BCUT2D eigenvalue weighted by molar-refractivity contribution is 5.16. The number of hydrogen-bond acceptors (Lipinski definition) is 2. The molecule has 1 aliphatic rings. The van der Waals surface area contributed by atoms with E-state index in [1.54, 1.807) is 0 Å². The summed E-state index contributed by atoms with van der Waals surface area (Å²) >= 11 is 0. The second kappa shape index (κ2) is 6.00. The van der Waals surface area contributed by atoms with Crippen molar-refractivity contribution in [3.05, 3.63) is 30.1 Å². The Morgan fingerprint density at radius 1 is 1.25 bits per heavy atom. The van der Waals surface area contributed by atoms with Gasteiger partial charge in [0.05, 0.1) is 0 Å². The standard InChI is InChI=1S/C14H22N2/c15-10-14(13-8-5-9-16-11-13)12-6-3-1-2-4-7-12/h5,8-9,11-12,14H,1-4,6-7,10,15H2. The lowest BCUT2D eigenvalue weighted by Gasteiger charge is -2.24. The van der Waals surface area contributed by atoms with Crippen LogP contribution in [0.2, 0.25) is 0 Å². The third-order valence-corrected chi connectivity index (χ3v) is 3.84. The van der Waals surface area contributed by atoms with E-state index in [-0.39, 0.29) is 0 Å². The van der Waals surface area contributed by atoms with Crippen molar-refractivity contribution < 1.29 is 0 Å². The lowest BCUT2D eigenvalue weighted by atomic mass is 9.82. The van der Waals surface area contributed by atoms with Crippen LogP contribution in [-0.2, 0) is 0 Å². The van der Waals surface area contributed by atoms with Gasteiger partial charge < -0.3 is 5.73 Å². The van der Waals surface area contributed by atoms with E-state index in [1.807, 2.05) is 18.5 Å². The topological polar surface area (TPSA) is 38.9 Å². The van der Waals surface area contributed by atoms with E-state index in [0.29, 0.717) is 5.92 Å². The summed E-state index contributed by atoms with van der Waals surface area (Å²) in [7, 11) is 0. The molecule has 1 saturated carbocycles. The van der Waals surface area contributed by atoms with Crippen molar-refractivity contribution in [2.75, 3.05) is 6.54 Å². The first-order chi connectivity index (χ1) is 7.92. The molecule has 2 rings (SSSR count). The van der Waals surface area contributed by atoms with Gasteiger partial charge >= 0.3 is 0 Å². The van der Waals surface area contributed by atoms with Crippen molar-refractivity contribution in [2.45, 2.75) is 44.4 Å². The highest BCUT2D eigenvalue weighted by atomic mass is 14.6. The quantitative estimate of drug-likeness (QED) is 0.792. The monoisotopic (exact) mass is 218 g/mol. The van der Waals surface area contributed by atoms with Crippen molar-refractivity contribution in [3.8, 4) is 0 Å². The zero-order valence-electron chi connectivity index (χ0n) is 9.94. The Labute approximate surface area is 98.3 Å². The molecule has 2 N–H and O–H groups in total. The highest BCUT2D eigenvalue weighted by Gasteiger charge is 2.22. The van der Waals surface area contributed by atoms with Crippen molar-refractivity contribution in [1.29, 1.82) is 0 Å². The Bertz CT molecular complexity index is 289. The first-order valence-electron chi connectivity index (χ1n) is 6.52. The Hall–Kier alpha value is -0.890. The molecule has 0 radical (unpaired) electrons. The van der Waals surface area contributed by atoms with Crippen LogP contribution in [0, 0.1) is 5.92 Å². The predicted octanol–water partition coefficient (Wildman–Crippen LogP) is 3.09. The summed E-state index contributed by atoms with van der Waals surface area (Å²) in [6.45, 7) is 0.760. The zero-order chi connectivity index (χ0) is 11.2. The van der Waals surface area contributed by atoms with Crippen LogP contribution in [0.4, 0.5) is 0 Å². The van der Waals surface area contributed by atoms with Crippen LogP contribution in [-0.4, -0.2) is 11.5 Å². The molecule has 0 aliphatic heterocycles. The van der Waals surface area contributed by atoms with E-state index in [9.17, 15) is 0 Å². The molecular weight excluding hydrogens is 196 g/mol. The van der Waals surface area contributed by atoms with Crippen LogP contribution in [0.1, 0.15) is 50.0 Å². The highest BCUT2D eigenvalue weighted by Crippen LogP contribution is 2.34. The van der Waals surface area contributed by atoms with Crippen LogP contribution < -0.4 is 5.73 Å². The molecule has 0 spiro atoms. The molecule has 0 saturated heterocycles. The van der Waals surface area contributed by atoms with Crippen molar-refractivity contribution in [2.24, 2.45) is 11.7 Å². The van der Waals surface area contributed by atoms with Crippen molar-refractivity contribution >= 4 is 0 Å². The van der Waals surface area contributed by atoms with Crippen LogP contribution in [0.15, 0.2) is 24.5 Å². The Balaban J connectivity index is 2.09. The van der Waals surface area contributed by atoms with Crippen LogP contribution in [0.25, 0.3) is 0 Å². The lowest BCUT2D eigenvalue weighted by molar-refractivity contribution is 0.379. The van der Waals surface area contributed by atoms with Gasteiger partial charge in [0.25, 0.3) is 0 Å². The van der Waals surface area contributed by atoms with E-state index in [2.05, 4.69) is 11.1 Å². The minimum Gasteiger partial charge on any atom is -0.330 e. The molecule has 1 fully saturated rings. The van der Waals surface area contributed by atoms with Gasteiger partial charge in [0.15, 0.2) is 0 Å². The number of rotatable bonds is 3. The van der Waals surface area contributed by atoms with Gasteiger partial charge in [0.2, 0.25) is 0 Å². The predicted molar refractivity (Wildman–Crippen MR) is 67.2 cm³/mol. The number of nitrogens with zero attached hydrogens (tertiary/aromatic N) is 1. The van der Waals surface area contributed by atoms with Gasteiger partial charge in [-0.25, -0.2) is 0 Å². The molecule has 1 unspecified atom stereocenters. The van der Waals surface area contributed by atoms with E-state index in [0.717, 1.165) is 12.5 Å². The molecule has 0 amide bonds. The minimum atomic E-state index is 0.520. The Morgan fingerprint density at radius 3 is 2.56 bits per heavy atom. The van der Waals surface area contributed by atoms with Crippen molar-refractivity contribution in [3.63, 3.8) is 0 Å². The maximum atomic E-state index is 5.96. The molecule has 1 aromatic rings. The third kappa shape index (κ3) is 2.82. The summed E-state index contributed by atoms with van der Waals surface area (Å²) < 4.78 is 0. The molecule has 1 atom stereocenters. The second-order valence-electron chi connectivity index (χ2n) is 4.88. The van der Waals surface area contributed by atoms with E-state index in [1.165, 1.54) is 44.1 Å². The second-order valence-corrected chi connectivity index (χ2v) is 4.88. The average Bonchev–Trinajstić information content (AvgIpc) is 2.61. The molecule has 2 heteroatoms. The fourth-order valence-electron chi connectivity index (χ4n) is 2.91. The normalized spacial score (nSPS) is 20.3. The van der Waals surface area contributed by atoms with E-state index >= 15 is 0 Å². The summed E-state index contributed by atoms with van der Waals surface area (Å²) in [6, 6.07) is 4.20. The van der Waals surface area contributed by atoms with Gasteiger partial charge in [0, 0.05) is 18.3 Å². The molecular formula is C14H22N2. The van der Waals surface area contributed by atoms with Crippen molar-refractivity contribution in [1.82, 2.24) is 4.98 Å². The van der Waals surface area contributed by atoms with Gasteiger partial charge in [-0.3, -0.25) is 4.98 Å². The van der Waals surface area contributed by atoms with Gasteiger partial charge in [0.1, 0.15) is 0 Å². The van der Waals surface area contributed by atoms with E-state index < -0.39 is 0 Å². The average molecular weight is 218 g/mol. The smallest absolute Gasteiger partial charge is 0.0303 e. The fraction of sp³-hybridized carbons (Fsp3) is 0.643. The van der Waals surface area contributed by atoms with Gasteiger partial charge in [-0.2, -0.15) is 0 Å². The molecule has 1 aliphatic carbocycles. The Kier molecular flexibility index (Phi) is 4.34. The maximum Gasteiger partial charge on any atom is 0.0303 e. The largest absolute Gasteiger partial charge is 0.330 e. The van der Waals surface area contributed by atoms with Gasteiger partial charge in [-0.1, -0.05) is 31.7 Å². The van der Waals surface area contributed by atoms with Crippen LogP contribution in [0.3, 0.4) is 0 Å². The summed E-state index contributed by atoms with van der Waals surface area (Å²) in [5.41, 5.74) is 7.29. The summed E-state index contributed by atoms with van der Waals surface area (Å²) in [6.07, 6.45) is 12.1. The SMILES string of the molecule is NCC(c1cccnc1)C1CCCCCC1. The lowest BCUT2D eigenvalue weighted by Crippen LogP contribution is -2.21. The third-order valence-electron chi connectivity index (χ3n) is 3.84. The molecule has 88 valence electrons. The van der Waals surface area contributed by atoms with Crippen LogP contribution in [0.5, 0.6) is 0 Å². The molecule has 1 heterocycles. The zero-order valence-corrected chi connectivity index (χ0v) is 9.94. The minimum absolute atomic E-state index is 0.520. The summed E-state index contributed by atoms with van der Waals surface area (Å²) in [5.74, 6) is 1.29. The number of pyridine rings is 1. The Morgan fingerprint density at radius 2 is 2.00 bits per heavy atom. The van der Waals surface area contributed by atoms with Gasteiger partial charge in [-0.15, -0.1) is 0 Å². The van der Waals surface area contributed by atoms with Crippen LogP contribution >= 0.6 is 0 Å². The van der Waals surface area contributed by atoms with E-state index in [4.69, 9.17) is 5.73 Å². The molecule has 1 aromatic heterocycles. The molecule has 0 bridgehead atoms. The number of aromatic nitrogens is 1. The first kappa shape index (κ1) is 11.6. The molecule has 2 nitrogen and oxygen atoms in total. The molecule has 0 aromatic carbocycles. The molecule has 16 heavy (non-hydrogen) atoms. The first-order valence-corrected chi connectivity index (χ1v) is 6.52.